The van der Waals surface area contributed by atoms with Crippen LogP contribution in [-0.2, 0) is 4.74 Å². The second-order valence-electron chi connectivity index (χ2n) is 4.46. The highest BCUT2D eigenvalue weighted by Gasteiger charge is 2.35. The molecule has 0 saturated heterocycles. The van der Waals surface area contributed by atoms with Gasteiger partial charge in [0.25, 0.3) is 5.78 Å². The zero-order valence-electron chi connectivity index (χ0n) is 11.5. The molecule has 0 atom stereocenters. The number of hydrogen-bond acceptors (Lipinski definition) is 6. The van der Waals surface area contributed by atoms with E-state index >= 15 is 0 Å². The number of Topliss-reactive ketones (excluding diaryl/α,β-unsaturated/α-hetero) is 2. The predicted molar refractivity (Wildman–Crippen MR) is 74.8 cm³/mol. The SMILES string of the molecule is COC1=C(Nc2cccc(F)c2)C(=O)c2nccnc2C1=O. The summed E-state index contributed by atoms with van der Waals surface area (Å²) in [7, 11) is 1.27. The number of allylic oxidation sites excluding steroid dienone is 2. The van der Waals surface area contributed by atoms with Gasteiger partial charge in [-0.15, -0.1) is 0 Å². The molecular formula is C15H10FN3O3. The van der Waals surface area contributed by atoms with Crippen molar-refractivity contribution in [2.45, 2.75) is 0 Å². The van der Waals surface area contributed by atoms with Crippen LogP contribution < -0.4 is 5.32 Å². The van der Waals surface area contributed by atoms with E-state index in [2.05, 4.69) is 15.3 Å². The summed E-state index contributed by atoms with van der Waals surface area (Å²) in [6, 6.07) is 5.51. The first kappa shape index (κ1) is 13.9. The van der Waals surface area contributed by atoms with Gasteiger partial charge in [0, 0.05) is 18.1 Å². The Bertz CT molecular complexity index is 817. The zero-order valence-corrected chi connectivity index (χ0v) is 11.5. The van der Waals surface area contributed by atoms with Crippen LogP contribution in [0.1, 0.15) is 21.0 Å². The van der Waals surface area contributed by atoms with Crippen LogP contribution in [0.25, 0.3) is 0 Å². The van der Waals surface area contributed by atoms with Crippen molar-refractivity contribution >= 4 is 17.3 Å². The van der Waals surface area contributed by atoms with Gasteiger partial charge in [-0.2, -0.15) is 0 Å². The van der Waals surface area contributed by atoms with Gasteiger partial charge in [-0.25, -0.2) is 14.4 Å². The molecule has 3 rings (SSSR count). The summed E-state index contributed by atoms with van der Waals surface area (Å²) in [4.78, 5) is 32.5. The molecule has 6 nitrogen and oxygen atoms in total. The van der Waals surface area contributed by atoms with Crippen LogP contribution in [-0.4, -0.2) is 28.6 Å². The largest absolute Gasteiger partial charge is 0.491 e. The normalized spacial score (nSPS) is 13.9. The number of ether oxygens (including phenoxy) is 1. The van der Waals surface area contributed by atoms with Gasteiger partial charge < -0.3 is 10.1 Å². The Hall–Kier alpha value is -3.09. The topological polar surface area (TPSA) is 81.2 Å². The average molecular weight is 299 g/mol. The molecule has 0 unspecified atom stereocenters. The molecule has 0 spiro atoms. The zero-order chi connectivity index (χ0) is 15.7. The van der Waals surface area contributed by atoms with Crippen molar-refractivity contribution in [1.29, 1.82) is 0 Å². The Morgan fingerprint density at radius 1 is 1.09 bits per heavy atom. The first-order valence-electron chi connectivity index (χ1n) is 6.33. The molecule has 2 aromatic rings. The van der Waals surface area contributed by atoms with Crippen molar-refractivity contribution in [3.63, 3.8) is 0 Å². The van der Waals surface area contributed by atoms with Crippen LogP contribution in [0.2, 0.25) is 0 Å². The number of fused-ring (bicyclic) bond motifs is 1. The van der Waals surface area contributed by atoms with Crippen LogP contribution in [0.15, 0.2) is 48.1 Å². The number of ketones is 2. The first-order valence-corrected chi connectivity index (χ1v) is 6.33. The number of benzene rings is 1. The number of hydrogen-bond donors (Lipinski definition) is 1. The summed E-state index contributed by atoms with van der Waals surface area (Å²) >= 11 is 0. The maximum Gasteiger partial charge on any atom is 0.250 e. The standard InChI is InChI=1S/C15H10FN3O3/c1-22-15-12(19-9-4-2-3-8(16)7-9)13(20)10-11(14(15)21)18-6-5-17-10/h2-7,19H,1H3. The van der Waals surface area contributed by atoms with E-state index in [4.69, 9.17) is 4.74 Å². The van der Waals surface area contributed by atoms with E-state index in [9.17, 15) is 14.0 Å². The van der Waals surface area contributed by atoms with Crippen LogP contribution >= 0.6 is 0 Å². The van der Waals surface area contributed by atoms with Crippen molar-refractivity contribution in [1.82, 2.24) is 9.97 Å². The van der Waals surface area contributed by atoms with Crippen LogP contribution in [0.4, 0.5) is 10.1 Å². The van der Waals surface area contributed by atoms with Gasteiger partial charge in [-0.1, -0.05) is 6.07 Å². The lowest BCUT2D eigenvalue weighted by molar-refractivity contribution is 0.0899. The first-order chi connectivity index (χ1) is 10.6. The smallest absolute Gasteiger partial charge is 0.250 e. The number of nitrogens with zero attached hydrogens (tertiary/aromatic N) is 2. The number of aromatic nitrogens is 2. The lowest BCUT2D eigenvalue weighted by atomic mass is 9.99. The molecule has 1 aromatic heterocycles. The number of anilines is 1. The van der Waals surface area contributed by atoms with Gasteiger partial charge in [0.2, 0.25) is 5.78 Å². The average Bonchev–Trinajstić information content (AvgIpc) is 2.53. The van der Waals surface area contributed by atoms with Gasteiger partial charge in [0.15, 0.2) is 5.76 Å². The molecule has 1 N–H and O–H groups in total. The van der Waals surface area contributed by atoms with Gasteiger partial charge in [0.05, 0.1) is 7.11 Å². The maximum absolute atomic E-state index is 13.3. The number of nitrogens with one attached hydrogen (secondary N) is 1. The van der Waals surface area contributed by atoms with E-state index in [1.807, 2.05) is 0 Å². The summed E-state index contributed by atoms with van der Waals surface area (Å²) in [5.74, 6) is -1.74. The maximum atomic E-state index is 13.3. The molecule has 110 valence electrons. The minimum absolute atomic E-state index is 0.0610. The number of methoxy groups -OCH3 is 1. The fraction of sp³-hybridized carbons (Fsp3) is 0.0667. The number of carbonyl (C=O) groups is 2. The molecule has 1 aliphatic rings. The van der Waals surface area contributed by atoms with Crippen LogP contribution in [0.3, 0.4) is 0 Å². The van der Waals surface area contributed by atoms with Crippen molar-refractivity contribution in [2.75, 3.05) is 12.4 Å². The molecule has 0 saturated carbocycles. The van der Waals surface area contributed by atoms with E-state index < -0.39 is 17.4 Å². The van der Waals surface area contributed by atoms with E-state index in [0.29, 0.717) is 5.69 Å². The van der Waals surface area contributed by atoms with E-state index in [1.54, 1.807) is 6.07 Å². The Morgan fingerprint density at radius 2 is 1.77 bits per heavy atom. The molecule has 1 aromatic carbocycles. The third-order valence-electron chi connectivity index (χ3n) is 3.09. The van der Waals surface area contributed by atoms with Crippen LogP contribution in [0.5, 0.6) is 0 Å². The lowest BCUT2D eigenvalue weighted by Crippen LogP contribution is -2.28. The Labute approximate surface area is 124 Å². The molecule has 0 amide bonds. The van der Waals surface area contributed by atoms with Gasteiger partial charge in [-0.3, -0.25) is 9.59 Å². The van der Waals surface area contributed by atoms with E-state index in [-0.39, 0.29) is 22.8 Å². The molecule has 22 heavy (non-hydrogen) atoms. The molecular weight excluding hydrogens is 289 g/mol. The second kappa shape index (κ2) is 5.36. The predicted octanol–water partition coefficient (Wildman–Crippen LogP) is 1.96. The van der Waals surface area contributed by atoms with E-state index in [1.165, 1.54) is 37.7 Å². The van der Waals surface area contributed by atoms with Gasteiger partial charge in [-0.05, 0) is 18.2 Å². The molecule has 0 aliphatic heterocycles. The Balaban J connectivity index is 2.08. The highest BCUT2D eigenvalue weighted by atomic mass is 19.1. The van der Waals surface area contributed by atoms with Gasteiger partial charge >= 0.3 is 0 Å². The fourth-order valence-electron chi connectivity index (χ4n) is 2.13. The minimum Gasteiger partial charge on any atom is -0.491 e. The molecule has 0 radical (unpaired) electrons. The van der Waals surface area contributed by atoms with Crippen molar-refractivity contribution in [3.8, 4) is 0 Å². The summed E-state index contributed by atoms with van der Waals surface area (Å²) in [5.41, 5.74) is 0.102. The molecule has 0 fully saturated rings. The highest BCUT2D eigenvalue weighted by Crippen LogP contribution is 2.25. The van der Waals surface area contributed by atoms with Crippen LogP contribution in [0, 0.1) is 5.82 Å². The van der Waals surface area contributed by atoms with Gasteiger partial charge in [0.1, 0.15) is 22.9 Å². The highest BCUT2D eigenvalue weighted by molar-refractivity contribution is 6.25. The van der Waals surface area contributed by atoms with Crippen molar-refractivity contribution in [2.24, 2.45) is 0 Å². The lowest BCUT2D eigenvalue weighted by Gasteiger charge is -2.19. The summed E-state index contributed by atoms with van der Waals surface area (Å²) in [6.45, 7) is 0. The van der Waals surface area contributed by atoms with Crippen molar-refractivity contribution in [3.05, 3.63) is 65.3 Å². The molecule has 0 bridgehead atoms. The number of rotatable bonds is 3. The Morgan fingerprint density at radius 3 is 2.41 bits per heavy atom. The molecule has 1 aliphatic carbocycles. The summed E-state index contributed by atoms with van der Waals surface area (Å²) in [6.07, 6.45) is 2.64. The monoisotopic (exact) mass is 299 g/mol. The fourth-order valence-corrected chi connectivity index (χ4v) is 2.13. The quantitative estimate of drug-likeness (QED) is 0.933. The summed E-state index contributed by atoms with van der Waals surface area (Å²) < 4.78 is 18.3. The van der Waals surface area contributed by atoms with E-state index in [0.717, 1.165) is 0 Å². The number of carbonyl (C=O) groups excluding carboxylic acids is 2. The minimum atomic E-state index is -0.552. The second-order valence-corrected chi connectivity index (χ2v) is 4.46. The molecule has 7 heteroatoms. The van der Waals surface area contributed by atoms with Crippen molar-refractivity contribution < 1.29 is 18.7 Å². The molecule has 1 heterocycles. The third kappa shape index (κ3) is 2.22. The number of halogens is 1. The Kier molecular flexibility index (Phi) is 3.38. The summed E-state index contributed by atoms with van der Waals surface area (Å²) in [5, 5.41) is 2.72. The third-order valence-corrected chi connectivity index (χ3v) is 3.09.